The van der Waals surface area contributed by atoms with E-state index in [-0.39, 0.29) is 12.8 Å². The molecule has 1 aromatic carbocycles. The van der Waals surface area contributed by atoms with Crippen LogP contribution in [-0.4, -0.2) is 19.4 Å². The second-order valence-corrected chi connectivity index (χ2v) is 3.17. The summed E-state index contributed by atoms with van der Waals surface area (Å²) >= 11 is 0. The lowest BCUT2D eigenvalue weighted by Crippen LogP contribution is -1.98. The van der Waals surface area contributed by atoms with Crippen molar-refractivity contribution in [1.82, 2.24) is 0 Å². The monoisotopic (exact) mass is 220 g/mol. The van der Waals surface area contributed by atoms with Crippen LogP contribution in [-0.2, 0) is 9.53 Å². The van der Waals surface area contributed by atoms with Gasteiger partial charge in [-0.05, 0) is 19.1 Å². The molecule has 0 N–H and O–H groups in total. The molecule has 0 aromatic heterocycles. The molecule has 1 aliphatic heterocycles. The van der Waals surface area contributed by atoms with E-state index in [1.165, 1.54) is 6.08 Å². The van der Waals surface area contributed by atoms with Crippen molar-refractivity contribution in [2.24, 2.45) is 0 Å². The maximum Gasteiger partial charge on any atom is 0.330 e. The molecule has 4 heteroatoms. The molecule has 0 aliphatic carbocycles. The van der Waals surface area contributed by atoms with Crippen molar-refractivity contribution in [3.8, 4) is 11.5 Å². The van der Waals surface area contributed by atoms with Crippen LogP contribution in [0.3, 0.4) is 0 Å². The Labute approximate surface area is 93.4 Å². The summed E-state index contributed by atoms with van der Waals surface area (Å²) < 4.78 is 15.3. The van der Waals surface area contributed by atoms with E-state index < -0.39 is 0 Å². The Balaban J connectivity index is 2.16. The normalized spacial score (nSPS) is 13.1. The molecule has 0 amide bonds. The standard InChI is InChI=1S/C12H12O4/c1-2-14-11(13)7-6-9-4-3-5-10-12(9)16-8-15-10/h3-7H,2,8H2,1H3/b7-6+. The Morgan fingerprint density at radius 2 is 2.38 bits per heavy atom. The molecule has 2 rings (SSSR count). The van der Waals surface area contributed by atoms with Crippen molar-refractivity contribution in [2.75, 3.05) is 13.4 Å². The van der Waals surface area contributed by atoms with E-state index in [4.69, 9.17) is 14.2 Å². The van der Waals surface area contributed by atoms with Crippen molar-refractivity contribution >= 4 is 12.0 Å². The van der Waals surface area contributed by atoms with Gasteiger partial charge < -0.3 is 14.2 Å². The number of fused-ring (bicyclic) bond motifs is 1. The average Bonchev–Trinajstić information content (AvgIpc) is 2.75. The maximum absolute atomic E-state index is 11.1. The van der Waals surface area contributed by atoms with E-state index in [0.29, 0.717) is 18.1 Å². The summed E-state index contributed by atoms with van der Waals surface area (Å²) in [5.74, 6) is 1.01. The fourth-order valence-corrected chi connectivity index (χ4v) is 1.43. The van der Waals surface area contributed by atoms with Gasteiger partial charge in [0, 0.05) is 11.6 Å². The van der Waals surface area contributed by atoms with Gasteiger partial charge in [-0.25, -0.2) is 4.79 Å². The van der Waals surface area contributed by atoms with Crippen LogP contribution in [0.4, 0.5) is 0 Å². The summed E-state index contributed by atoms with van der Waals surface area (Å²) in [6, 6.07) is 5.52. The highest BCUT2D eigenvalue weighted by Gasteiger charge is 2.15. The minimum Gasteiger partial charge on any atom is -0.463 e. The molecule has 1 aromatic rings. The van der Waals surface area contributed by atoms with Crippen LogP contribution < -0.4 is 9.47 Å². The maximum atomic E-state index is 11.1. The SMILES string of the molecule is CCOC(=O)/C=C/c1cccc2c1OCO2. The number of rotatable bonds is 3. The van der Waals surface area contributed by atoms with Gasteiger partial charge in [0.2, 0.25) is 6.79 Å². The number of hydrogen-bond donors (Lipinski definition) is 0. The van der Waals surface area contributed by atoms with E-state index in [2.05, 4.69) is 0 Å². The Bertz CT molecular complexity index is 423. The highest BCUT2D eigenvalue weighted by Crippen LogP contribution is 2.35. The van der Waals surface area contributed by atoms with Crippen LogP contribution in [0.2, 0.25) is 0 Å². The van der Waals surface area contributed by atoms with Gasteiger partial charge in [-0.1, -0.05) is 12.1 Å². The highest BCUT2D eigenvalue weighted by molar-refractivity contribution is 5.87. The molecule has 0 bridgehead atoms. The molecule has 0 saturated heterocycles. The first-order valence-electron chi connectivity index (χ1n) is 5.04. The topological polar surface area (TPSA) is 44.8 Å². The predicted octanol–water partition coefficient (Wildman–Crippen LogP) is 1.99. The van der Waals surface area contributed by atoms with Crippen LogP contribution in [0.5, 0.6) is 11.5 Å². The van der Waals surface area contributed by atoms with E-state index in [0.717, 1.165) is 5.56 Å². The largest absolute Gasteiger partial charge is 0.463 e. The zero-order valence-corrected chi connectivity index (χ0v) is 8.93. The lowest BCUT2D eigenvalue weighted by molar-refractivity contribution is -0.137. The molecular weight excluding hydrogens is 208 g/mol. The number of esters is 1. The number of ether oxygens (including phenoxy) is 3. The smallest absolute Gasteiger partial charge is 0.330 e. The Hall–Kier alpha value is -1.97. The highest BCUT2D eigenvalue weighted by atomic mass is 16.7. The van der Waals surface area contributed by atoms with E-state index in [1.807, 2.05) is 18.2 Å². The third-order valence-electron chi connectivity index (χ3n) is 2.11. The first-order valence-corrected chi connectivity index (χ1v) is 5.04. The minimum absolute atomic E-state index is 0.222. The van der Waals surface area contributed by atoms with Gasteiger partial charge in [0.1, 0.15) is 0 Å². The second-order valence-electron chi connectivity index (χ2n) is 3.17. The van der Waals surface area contributed by atoms with E-state index >= 15 is 0 Å². The molecule has 0 saturated carbocycles. The molecule has 84 valence electrons. The fraction of sp³-hybridized carbons (Fsp3) is 0.250. The third-order valence-corrected chi connectivity index (χ3v) is 2.11. The average molecular weight is 220 g/mol. The molecule has 16 heavy (non-hydrogen) atoms. The van der Waals surface area contributed by atoms with Crippen LogP contribution in [0.15, 0.2) is 24.3 Å². The first kappa shape index (κ1) is 10.5. The summed E-state index contributed by atoms with van der Waals surface area (Å²) in [5.41, 5.74) is 0.808. The van der Waals surface area contributed by atoms with E-state index in [9.17, 15) is 4.79 Å². The molecule has 1 aliphatic rings. The number of carbonyl (C=O) groups excluding carboxylic acids is 1. The van der Waals surface area contributed by atoms with Gasteiger partial charge in [-0.2, -0.15) is 0 Å². The van der Waals surface area contributed by atoms with Crippen molar-refractivity contribution in [2.45, 2.75) is 6.92 Å². The first-order chi connectivity index (χ1) is 7.81. The molecule has 0 radical (unpaired) electrons. The van der Waals surface area contributed by atoms with Gasteiger partial charge in [-0.15, -0.1) is 0 Å². The third kappa shape index (κ3) is 2.16. The minimum atomic E-state index is -0.362. The van der Waals surface area contributed by atoms with Crippen LogP contribution in [0, 0.1) is 0 Å². The zero-order valence-electron chi connectivity index (χ0n) is 8.93. The van der Waals surface area contributed by atoms with Gasteiger partial charge in [0.25, 0.3) is 0 Å². The summed E-state index contributed by atoms with van der Waals surface area (Å²) in [6.45, 7) is 2.36. The van der Waals surface area contributed by atoms with Gasteiger partial charge >= 0.3 is 5.97 Å². The molecule has 0 atom stereocenters. The number of para-hydroxylation sites is 1. The fourth-order valence-electron chi connectivity index (χ4n) is 1.43. The molecule has 1 heterocycles. The van der Waals surface area contributed by atoms with E-state index in [1.54, 1.807) is 13.0 Å². The molecule has 0 fully saturated rings. The summed E-state index contributed by atoms with van der Waals surface area (Å²) in [7, 11) is 0. The predicted molar refractivity (Wildman–Crippen MR) is 58.2 cm³/mol. The number of hydrogen-bond acceptors (Lipinski definition) is 4. The van der Waals surface area contributed by atoms with Crippen molar-refractivity contribution in [1.29, 1.82) is 0 Å². The van der Waals surface area contributed by atoms with Gasteiger partial charge in [0.05, 0.1) is 6.61 Å². The lowest BCUT2D eigenvalue weighted by atomic mass is 10.2. The van der Waals surface area contributed by atoms with Gasteiger partial charge in [-0.3, -0.25) is 0 Å². The quantitative estimate of drug-likeness (QED) is 0.577. The molecule has 0 spiro atoms. The second kappa shape index (κ2) is 4.70. The van der Waals surface area contributed by atoms with Gasteiger partial charge in [0.15, 0.2) is 11.5 Å². The zero-order chi connectivity index (χ0) is 11.4. The van der Waals surface area contributed by atoms with Crippen LogP contribution in [0.1, 0.15) is 12.5 Å². The summed E-state index contributed by atoms with van der Waals surface area (Å²) in [6.07, 6.45) is 3.03. The number of benzene rings is 1. The Kier molecular flexibility index (Phi) is 3.10. The Morgan fingerprint density at radius 3 is 3.19 bits per heavy atom. The van der Waals surface area contributed by atoms with Crippen molar-refractivity contribution in [3.05, 3.63) is 29.8 Å². The number of carbonyl (C=O) groups is 1. The lowest BCUT2D eigenvalue weighted by Gasteiger charge is -2.00. The van der Waals surface area contributed by atoms with Crippen LogP contribution in [0.25, 0.3) is 6.08 Å². The van der Waals surface area contributed by atoms with Crippen molar-refractivity contribution in [3.63, 3.8) is 0 Å². The van der Waals surface area contributed by atoms with Crippen LogP contribution >= 0.6 is 0 Å². The summed E-state index contributed by atoms with van der Waals surface area (Å²) in [4.78, 5) is 11.1. The molecule has 0 unspecified atom stereocenters. The van der Waals surface area contributed by atoms with Crippen molar-refractivity contribution < 1.29 is 19.0 Å². The summed E-state index contributed by atoms with van der Waals surface area (Å²) in [5, 5.41) is 0. The Morgan fingerprint density at radius 1 is 1.50 bits per heavy atom. The molecular formula is C12H12O4. The molecule has 4 nitrogen and oxygen atoms in total.